The largest absolute Gasteiger partial charge is 0.465 e. The van der Waals surface area contributed by atoms with Crippen molar-refractivity contribution in [3.8, 4) is 0 Å². The topological polar surface area (TPSA) is 52.6 Å². The van der Waals surface area contributed by atoms with Gasteiger partial charge in [0, 0.05) is 0 Å². The molecule has 0 amide bonds. The Bertz CT molecular complexity index is 359. The average Bonchev–Trinajstić information content (AvgIpc) is 2.26. The third-order valence-electron chi connectivity index (χ3n) is 3.03. The van der Waals surface area contributed by atoms with Gasteiger partial charge < -0.3 is 9.47 Å². The normalized spacial score (nSPS) is 13.0. The minimum absolute atomic E-state index is 0.297. The highest BCUT2D eigenvalue weighted by Crippen LogP contribution is 2.33. The molecule has 0 spiro atoms. The molecule has 0 aromatic carbocycles. The molecule has 0 aliphatic carbocycles. The Morgan fingerprint density at radius 3 is 1.95 bits per heavy atom. The van der Waals surface area contributed by atoms with E-state index in [-0.39, 0.29) is 6.61 Å². The smallest absolute Gasteiger partial charge is 0.427 e. The first-order valence-electron chi connectivity index (χ1n) is 6.29. The molecule has 0 saturated heterocycles. The molecule has 0 fully saturated rings. The number of esters is 2. The zero-order chi connectivity index (χ0) is 16.2. The molecule has 7 heteroatoms. The van der Waals surface area contributed by atoms with E-state index in [4.69, 9.17) is 4.74 Å². The second-order valence-corrected chi connectivity index (χ2v) is 5.61. The minimum Gasteiger partial charge on any atom is -0.465 e. The lowest BCUT2D eigenvalue weighted by Gasteiger charge is -2.27. The summed E-state index contributed by atoms with van der Waals surface area (Å²) in [5.41, 5.74) is -3.24. The molecule has 20 heavy (non-hydrogen) atoms. The minimum atomic E-state index is -4.65. The summed E-state index contributed by atoms with van der Waals surface area (Å²) < 4.78 is 46.6. The molecule has 0 radical (unpaired) electrons. The molecule has 0 heterocycles. The predicted octanol–water partition coefficient (Wildman–Crippen LogP) is 3.24. The molecule has 118 valence electrons. The summed E-state index contributed by atoms with van der Waals surface area (Å²) in [4.78, 5) is 22.9. The summed E-state index contributed by atoms with van der Waals surface area (Å²) in [5.74, 6) is -1.56. The number of rotatable bonds is 6. The van der Waals surface area contributed by atoms with E-state index in [9.17, 15) is 22.8 Å². The molecule has 4 nitrogen and oxygen atoms in total. The van der Waals surface area contributed by atoms with E-state index in [0.29, 0.717) is 6.42 Å². The lowest BCUT2D eigenvalue weighted by atomic mass is 9.91. The van der Waals surface area contributed by atoms with Crippen LogP contribution in [-0.4, -0.2) is 30.3 Å². The fourth-order valence-electron chi connectivity index (χ4n) is 0.960. The lowest BCUT2D eigenvalue weighted by molar-refractivity contribution is -0.257. The Labute approximate surface area is 116 Å². The number of hydrogen-bond acceptors (Lipinski definition) is 4. The molecule has 0 saturated carbocycles. The molecule has 0 aromatic rings. The van der Waals surface area contributed by atoms with Gasteiger partial charge in [0.2, 0.25) is 5.60 Å². The molecule has 0 bridgehead atoms. The number of hydrogen-bond donors (Lipinski definition) is 0. The van der Waals surface area contributed by atoms with Crippen molar-refractivity contribution in [2.75, 3.05) is 6.61 Å². The van der Waals surface area contributed by atoms with Gasteiger partial charge >= 0.3 is 18.1 Å². The van der Waals surface area contributed by atoms with Gasteiger partial charge in [0.05, 0.1) is 11.8 Å². The highest BCUT2D eigenvalue weighted by atomic mass is 19.4. The van der Waals surface area contributed by atoms with Crippen molar-refractivity contribution >= 4 is 11.9 Å². The third-order valence-corrected chi connectivity index (χ3v) is 3.03. The van der Waals surface area contributed by atoms with Gasteiger partial charge in [-0.3, -0.25) is 9.59 Å². The van der Waals surface area contributed by atoms with Crippen LogP contribution in [0.5, 0.6) is 0 Å². The maximum absolute atomic E-state index is 12.5. The summed E-state index contributed by atoms with van der Waals surface area (Å²) in [6, 6.07) is 0. The summed E-state index contributed by atoms with van der Waals surface area (Å²) >= 11 is 0. The van der Waals surface area contributed by atoms with Crippen LogP contribution < -0.4 is 0 Å². The summed E-state index contributed by atoms with van der Waals surface area (Å²) in [7, 11) is 0. The fraction of sp³-hybridized carbons (Fsp3) is 0.846. The quantitative estimate of drug-likeness (QED) is 0.706. The number of alkyl halides is 3. The molecule has 0 rings (SSSR count). The van der Waals surface area contributed by atoms with Crippen molar-refractivity contribution in [3.05, 3.63) is 0 Å². The maximum atomic E-state index is 12.5. The Morgan fingerprint density at radius 1 is 1.05 bits per heavy atom. The predicted molar refractivity (Wildman–Crippen MR) is 65.9 cm³/mol. The van der Waals surface area contributed by atoms with Crippen LogP contribution in [0.3, 0.4) is 0 Å². The van der Waals surface area contributed by atoms with E-state index in [2.05, 4.69) is 4.74 Å². The highest BCUT2D eigenvalue weighted by Gasteiger charge is 2.50. The molecular weight excluding hydrogens is 277 g/mol. The van der Waals surface area contributed by atoms with E-state index in [0.717, 1.165) is 13.8 Å². The third kappa shape index (κ3) is 5.38. The van der Waals surface area contributed by atoms with Gasteiger partial charge in [-0.2, -0.15) is 13.2 Å². The van der Waals surface area contributed by atoms with E-state index in [1.807, 2.05) is 0 Å². The molecule has 0 atom stereocenters. The Kier molecular flexibility index (Phi) is 6.04. The van der Waals surface area contributed by atoms with Gasteiger partial charge in [0.15, 0.2) is 0 Å². The molecular formula is C13H21F3O4. The van der Waals surface area contributed by atoms with E-state index < -0.39 is 35.6 Å². The lowest BCUT2D eigenvalue weighted by Crippen LogP contribution is -2.43. The number of halogens is 3. The van der Waals surface area contributed by atoms with E-state index in [1.165, 1.54) is 0 Å². The van der Waals surface area contributed by atoms with Crippen LogP contribution in [0.25, 0.3) is 0 Å². The van der Waals surface area contributed by atoms with Crippen LogP contribution in [0, 0.1) is 5.41 Å². The van der Waals surface area contributed by atoms with Crippen molar-refractivity contribution in [3.63, 3.8) is 0 Å². The number of ether oxygens (including phenoxy) is 2. The van der Waals surface area contributed by atoms with Crippen molar-refractivity contribution in [1.29, 1.82) is 0 Å². The zero-order valence-corrected chi connectivity index (χ0v) is 12.4. The molecule has 0 aliphatic heterocycles. The van der Waals surface area contributed by atoms with Gasteiger partial charge in [0.1, 0.15) is 6.61 Å². The SMILES string of the molecule is CCC(C)(C)C(=O)OCCC(=O)OC(C)(C)C(F)(F)F. The van der Waals surface area contributed by atoms with Crippen molar-refractivity contribution < 1.29 is 32.2 Å². The zero-order valence-electron chi connectivity index (χ0n) is 12.4. The first-order valence-corrected chi connectivity index (χ1v) is 6.29. The first-order chi connectivity index (χ1) is 8.83. The Morgan fingerprint density at radius 2 is 1.55 bits per heavy atom. The molecule has 0 aromatic heterocycles. The van der Waals surface area contributed by atoms with Crippen LogP contribution in [0.1, 0.15) is 47.5 Å². The average molecular weight is 298 g/mol. The number of carbonyl (C=O) groups excluding carboxylic acids is 2. The number of carbonyl (C=O) groups is 2. The second-order valence-electron chi connectivity index (χ2n) is 5.61. The summed E-state index contributed by atoms with van der Waals surface area (Å²) in [5, 5.41) is 0. The maximum Gasteiger partial charge on any atom is 0.427 e. The van der Waals surface area contributed by atoms with Crippen LogP contribution in [-0.2, 0) is 19.1 Å². The van der Waals surface area contributed by atoms with Crippen molar-refractivity contribution in [2.24, 2.45) is 5.41 Å². The van der Waals surface area contributed by atoms with Crippen LogP contribution in [0.15, 0.2) is 0 Å². The molecule has 0 aliphatic rings. The van der Waals surface area contributed by atoms with Gasteiger partial charge in [-0.05, 0) is 34.1 Å². The molecule has 0 N–H and O–H groups in total. The molecule has 0 unspecified atom stereocenters. The van der Waals surface area contributed by atoms with Crippen LogP contribution >= 0.6 is 0 Å². The van der Waals surface area contributed by atoms with Gasteiger partial charge in [0.25, 0.3) is 0 Å². The summed E-state index contributed by atoms with van der Waals surface area (Å²) in [6.07, 6.45) is -4.51. The van der Waals surface area contributed by atoms with Crippen molar-refractivity contribution in [2.45, 2.75) is 59.2 Å². The highest BCUT2D eigenvalue weighted by molar-refractivity contribution is 5.76. The van der Waals surface area contributed by atoms with Crippen molar-refractivity contribution in [1.82, 2.24) is 0 Å². The fourth-order valence-corrected chi connectivity index (χ4v) is 0.960. The summed E-state index contributed by atoms with van der Waals surface area (Å²) in [6.45, 7) is 6.39. The van der Waals surface area contributed by atoms with E-state index in [1.54, 1.807) is 20.8 Å². The Hall–Kier alpha value is -1.27. The van der Waals surface area contributed by atoms with E-state index >= 15 is 0 Å². The monoisotopic (exact) mass is 298 g/mol. The van der Waals surface area contributed by atoms with Crippen LogP contribution in [0.4, 0.5) is 13.2 Å². The van der Waals surface area contributed by atoms with Gasteiger partial charge in [-0.25, -0.2) is 0 Å². The van der Waals surface area contributed by atoms with Gasteiger partial charge in [-0.1, -0.05) is 6.92 Å². The second kappa shape index (κ2) is 6.45. The van der Waals surface area contributed by atoms with Gasteiger partial charge in [-0.15, -0.1) is 0 Å². The standard InChI is InChI=1S/C13H21F3O4/c1-6-11(2,3)10(18)19-8-7-9(17)20-12(4,5)13(14,15)16/h6-8H2,1-5H3. The Balaban J connectivity index is 4.24. The first kappa shape index (κ1) is 18.7. The van der Waals surface area contributed by atoms with Crippen LogP contribution in [0.2, 0.25) is 0 Å².